The van der Waals surface area contributed by atoms with Crippen LogP contribution in [0.1, 0.15) is 36.6 Å². The topological polar surface area (TPSA) is 62.5 Å². The van der Waals surface area contributed by atoms with Gasteiger partial charge in [-0.3, -0.25) is 4.79 Å². The summed E-state index contributed by atoms with van der Waals surface area (Å²) in [7, 11) is 0. The summed E-state index contributed by atoms with van der Waals surface area (Å²) in [5, 5.41) is 11.9. The number of furan rings is 1. The van der Waals surface area contributed by atoms with Crippen LogP contribution in [0.3, 0.4) is 0 Å². The molecule has 0 aliphatic rings. The van der Waals surface area contributed by atoms with Crippen molar-refractivity contribution >= 4 is 5.91 Å². The van der Waals surface area contributed by atoms with Gasteiger partial charge in [-0.15, -0.1) is 0 Å². The molecule has 2 N–H and O–H groups in total. The second kappa shape index (κ2) is 4.98. The molecule has 0 fully saturated rings. The Kier molecular flexibility index (Phi) is 3.91. The van der Waals surface area contributed by atoms with E-state index in [-0.39, 0.29) is 11.9 Å². The number of hydrogen-bond acceptors (Lipinski definition) is 3. The molecule has 15 heavy (non-hydrogen) atoms. The van der Waals surface area contributed by atoms with Crippen molar-refractivity contribution in [1.82, 2.24) is 5.32 Å². The molecule has 1 amide bonds. The average molecular weight is 211 g/mol. The Morgan fingerprint density at radius 3 is 2.67 bits per heavy atom. The maximum atomic E-state index is 11.6. The van der Waals surface area contributed by atoms with Gasteiger partial charge < -0.3 is 14.8 Å². The first kappa shape index (κ1) is 11.8. The minimum absolute atomic E-state index is 0.0668. The molecule has 1 heterocycles. The van der Waals surface area contributed by atoms with Crippen LogP contribution >= 0.6 is 0 Å². The van der Waals surface area contributed by atoms with Crippen LogP contribution in [-0.4, -0.2) is 23.2 Å². The Hall–Kier alpha value is -1.29. The first-order chi connectivity index (χ1) is 6.99. The lowest BCUT2D eigenvalue weighted by Gasteiger charge is -2.14. The second-order valence-corrected chi connectivity index (χ2v) is 3.87. The second-order valence-electron chi connectivity index (χ2n) is 3.87. The predicted molar refractivity (Wildman–Crippen MR) is 56.7 cm³/mol. The van der Waals surface area contributed by atoms with Gasteiger partial charge in [-0.05, 0) is 39.3 Å². The molecule has 0 bridgehead atoms. The Morgan fingerprint density at radius 1 is 1.53 bits per heavy atom. The molecule has 0 saturated carbocycles. The molecule has 2 unspecified atom stereocenters. The molecular formula is C11H17NO3. The summed E-state index contributed by atoms with van der Waals surface area (Å²) >= 11 is 0. The van der Waals surface area contributed by atoms with E-state index < -0.39 is 6.10 Å². The van der Waals surface area contributed by atoms with Gasteiger partial charge in [0, 0.05) is 6.04 Å². The molecule has 0 saturated heterocycles. The fourth-order valence-corrected chi connectivity index (χ4v) is 1.42. The van der Waals surface area contributed by atoms with Crippen LogP contribution in [0.5, 0.6) is 0 Å². The van der Waals surface area contributed by atoms with E-state index in [1.54, 1.807) is 26.0 Å². The van der Waals surface area contributed by atoms with Gasteiger partial charge in [-0.2, -0.15) is 0 Å². The number of aliphatic hydroxyl groups is 1. The molecule has 2 atom stereocenters. The molecule has 0 aromatic carbocycles. The van der Waals surface area contributed by atoms with E-state index in [1.165, 1.54) is 0 Å². The van der Waals surface area contributed by atoms with Gasteiger partial charge in [0.1, 0.15) is 5.76 Å². The monoisotopic (exact) mass is 211 g/mol. The van der Waals surface area contributed by atoms with Gasteiger partial charge in [0.2, 0.25) is 0 Å². The smallest absolute Gasteiger partial charge is 0.287 e. The Labute approximate surface area is 89.3 Å². The third kappa shape index (κ3) is 3.75. The van der Waals surface area contributed by atoms with Gasteiger partial charge in [0.05, 0.1) is 6.10 Å². The normalized spacial score (nSPS) is 14.7. The molecule has 0 aliphatic carbocycles. The summed E-state index contributed by atoms with van der Waals surface area (Å²) in [5.74, 6) is 0.782. The zero-order valence-corrected chi connectivity index (χ0v) is 9.28. The highest BCUT2D eigenvalue weighted by Gasteiger charge is 2.13. The van der Waals surface area contributed by atoms with E-state index >= 15 is 0 Å². The van der Waals surface area contributed by atoms with Crippen molar-refractivity contribution in [3.8, 4) is 0 Å². The molecule has 0 spiro atoms. The number of hydrogen-bond donors (Lipinski definition) is 2. The molecule has 4 heteroatoms. The lowest BCUT2D eigenvalue weighted by atomic mass is 10.1. The molecule has 0 radical (unpaired) electrons. The molecule has 84 valence electrons. The van der Waals surface area contributed by atoms with Crippen LogP contribution < -0.4 is 5.32 Å². The zero-order chi connectivity index (χ0) is 11.4. The summed E-state index contributed by atoms with van der Waals surface area (Å²) in [6.07, 6.45) is 0.115. The van der Waals surface area contributed by atoms with Crippen molar-refractivity contribution in [3.63, 3.8) is 0 Å². The quantitative estimate of drug-likeness (QED) is 0.792. The number of rotatable bonds is 4. The summed E-state index contributed by atoms with van der Waals surface area (Å²) in [6, 6.07) is 3.32. The first-order valence-electron chi connectivity index (χ1n) is 5.04. The van der Waals surface area contributed by atoms with Gasteiger partial charge in [0.25, 0.3) is 5.91 Å². The summed E-state index contributed by atoms with van der Waals surface area (Å²) in [4.78, 5) is 11.6. The fourth-order valence-electron chi connectivity index (χ4n) is 1.42. The van der Waals surface area contributed by atoms with E-state index in [0.717, 1.165) is 0 Å². The van der Waals surface area contributed by atoms with Gasteiger partial charge in [-0.1, -0.05) is 0 Å². The predicted octanol–water partition coefficient (Wildman–Crippen LogP) is 1.48. The number of nitrogens with one attached hydrogen (secondary N) is 1. The van der Waals surface area contributed by atoms with Gasteiger partial charge in [-0.25, -0.2) is 0 Å². The lowest BCUT2D eigenvalue weighted by molar-refractivity contribution is 0.0894. The molecule has 4 nitrogen and oxygen atoms in total. The number of carbonyl (C=O) groups excluding carboxylic acids is 1. The van der Waals surface area contributed by atoms with E-state index in [9.17, 15) is 4.79 Å². The van der Waals surface area contributed by atoms with Crippen molar-refractivity contribution in [3.05, 3.63) is 23.7 Å². The minimum Gasteiger partial charge on any atom is -0.456 e. The highest BCUT2D eigenvalue weighted by Crippen LogP contribution is 2.07. The van der Waals surface area contributed by atoms with E-state index in [1.807, 2.05) is 6.92 Å². The number of amides is 1. The summed E-state index contributed by atoms with van der Waals surface area (Å²) < 4.78 is 5.18. The van der Waals surface area contributed by atoms with Crippen molar-refractivity contribution in [2.24, 2.45) is 0 Å². The van der Waals surface area contributed by atoms with Gasteiger partial charge >= 0.3 is 0 Å². The zero-order valence-electron chi connectivity index (χ0n) is 9.28. The van der Waals surface area contributed by atoms with E-state index in [0.29, 0.717) is 17.9 Å². The van der Waals surface area contributed by atoms with E-state index in [4.69, 9.17) is 9.52 Å². The highest BCUT2D eigenvalue weighted by atomic mass is 16.3. The first-order valence-corrected chi connectivity index (χ1v) is 5.04. The number of aliphatic hydroxyl groups excluding tert-OH is 1. The molecule has 1 aromatic heterocycles. The maximum absolute atomic E-state index is 11.6. The standard InChI is InChI=1S/C11H17NO3/c1-7(6-8(2)13)12-11(14)10-5-4-9(3)15-10/h4-5,7-8,13H,6H2,1-3H3,(H,12,14). The Balaban J connectivity index is 2.49. The van der Waals surface area contributed by atoms with E-state index in [2.05, 4.69) is 5.32 Å². The fraction of sp³-hybridized carbons (Fsp3) is 0.545. The SMILES string of the molecule is Cc1ccc(C(=O)NC(C)CC(C)O)o1. The molecular weight excluding hydrogens is 194 g/mol. The van der Waals surface area contributed by atoms with Crippen LogP contribution in [0, 0.1) is 6.92 Å². The van der Waals surface area contributed by atoms with Crippen LogP contribution in [-0.2, 0) is 0 Å². The number of aryl methyl sites for hydroxylation is 1. The third-order valence-electron chi connectivity index (χ3n) is 2.04. The van der Waals surface area contributed by atoms with Crippen LogP contribution in [0.15, 0.2) is 16.5 Å². The van der Waals surface area contributed by atoms with Crippen LogP contribution in [0.2, 0.25) is 0 Å². The van der Waals surface area contributed by atoms with Crippen LogP contribution in [0.25, 0.3) is 0 Å². The largest absolute Gasteiger partial charge is 0.456 e. The van der Waals surface area contributed by atoms with Crippen molar-refractivity contribution in [1.29, 1.82) is 0 Å². The van der Waals surface area contributed by atoms with Gasteiger partial charge in [0.15, 0.2) is 5.76 Å². The molecule has 1 aromatic rings. The summed E-state index contributed by atoms with van der Waals surface area (Å²) in [5.41, 5.74) is 0. The number of carbonyl (C=O) groups is 1. The Morgan fingerprint density at radius 2 is 2.20 bits per heavy atom. The molecule has 0 aliphatic heterocycles. The van der Waals surface area contributed by atoms with Crippen LogP contribution in [0.4, 0.5) is 0 Å². The third-order valence-corrected chi connectivity index (χ3v) is 2.04. The van der Waals surface area contributed by atoms with Crippen molar-refractivity contribution < 1.29 is 14.3 Å². The average Bonchev–Trinajstić information content (AvgIpc) is 2.49. The molecule has 1 rings (SSSR count). The van der Waals surface area contributed by atoms with Crippen molar-refractivity contribution in [2.45, 2.75) is 39.3 Å². The maximum Gasteiger partial charge on any atom is 0.287 e. The highest BCUT2D eigenvalue weighted by molar-refractivity contribution is 5.91. The minimum atomic E-state index is -0.418. The van der Waals surface area contributed by atoms with Crippen molar-refractivity contribution in [2.75, 3.05) is 0 Å². The lowest BCUT2D eigenvalue weighted by Crippen LogP contribution is -2.34. The summed E-state index contributed by atoms with van der Waals surface area (Å²) in [6.45, 7) is 5.33. The Bertz CT molecular complexity index is 330.